The molecule has 0 aliphatic rings. The van der Waals surface area contributed by atoms with Crippen LogP contribution in [0.1, 0.15) is 52.4 Å². The molecule has 0 atom stereocenters. The molecule has 0 fully saturated rings. The summed E-state index contributed by atoms with van der Waals surface area (Å²) < 4.78 is 39.0. The van der Waals surface area contributed by atoms with E-state index in [-0.39, 0.29) is 6.15 Å². The van der Waals surface area contributed by atoms with Crippen LogP contribution in [0.3, 0.4) is 0 Å². The van der Waals surface area contributed by atoms with Gasteiger partial charge in [-0.05, 0) is 0 Å². The summed E-state index contributed by atoms with van der Waals surface area (Å²) in [5.41, 5.74) is 0. The van der Waals surface area contributed by atoms with Gasteiger partial charge in [-0.3, -0.25) is 0 Å². The van der Waals surface area contributed by atoms with E-state index in [4.69, 9.17) is 0 Å². The van der Waals surface area contributed by atoms with Crippen LogP contribution in [0.25, 0.3) is 0 Å². The second-order valence-electron chi connectivity index (χ2n) is 2.91. The van der Waals surface area contributed by atoms with Crippen molar-refractivity contribution < 1.29 is 17.3 Å². The van der Waals surface area contributed by atoms with Crippen LogP contribution in [0, 0.1) is 0 Å². The molecule has 0 aliphatic carbocycles. The van der Waals surface area contributed by atoms with Crippen LogP contribution in [-0.4, -0.2) is 7.25 Å². The summed E-state index contributed by atoms with van der Waals surface area (Å²) in [6, 6.07) is 0. The van der Waals surface area contributed by atoms with Crippen LogP contribution in [0.15, 0.2) is 0 Å². The Morgan fingerprint density at radius 3 is 1.07 bits per heavy atom. The Morgan fingerprint density at radius 1 is 0.714 bits per heavy atom. The van der Waals surface area contributed by atoms with E-state index in [9.17, 15) is 17.3 Å². The quantitative estimate of drug-likeness (QED) is 0.382. The lowest BCUT2D eigenvalue weighted by atomic mass is 10.1. The lowest BCUT2D eigenvalue weighted by Gasteiger charge is -1.94. The molecule has 0 aromatic carbocycles. The first-order chi connectivity index (χ1) is 5.91. The lowest BCUT2D eigenvalue weighted by molar-refractivity contribution is 0.368. The third-order valence-electron chi connectivity index (χ3n) is 1.46. The first-order valence-corrected chi connectivity index (χ1v) is 4.79. The molecule has 4 N–H and O–H groups in total. The molecule has 0 saturated heterocycles. The smallest absolute Gasteiger partial charge is 0.418 e. The van der Waals surface area contributed by atoms with Gasteiger partial charge in [-0.1, -0.05) is 52.4 Å². The minimum atomic E-state index is -6.00. The molecule has 0 rings (SSSR count). The zero-order chi connectivity index (χ0) is 10.7. The number of quaternary nitrogens is 1. The molecule has 0 aromatic heterocycles. The number of halogens is 4. The Labute approximate surface area is 84.0 Å². The summed E-state index contributed by atoms with van der Waals surface area (Å²) in [5.74, 6) is 0. The molecule has 14 heavy (non-hydrogen) atoms. The normalized spacial score (nSPS) is 9.86. The maximum atomic E-state index is 9.75. The molecule has 0 bridgehead atoms. The highest BCUT2D eigenvalue weighted by Gasteiger charge is 2.20. The highest BCUT2D eigenvalue weighted by molar-refractivity contribution is 6.50. The average molecular weight is 219 g/mol. The highest BCUT2D eigenvalue weighted by atomic mass is 19.5. The van der Waals surface area contributed by atoms with Gasteiger partial charge in [0.15, 0.2) is 0 Å². The summed E-state index contributed by atoms with van der Waals surface area (Å²) in [6.45, 7) is 4.51. The van der Waals surface area contributed by atoms with Gasteiger partial charge in [0.05, 0.1) is 0 Å². The number of hydrogen-bond acceptors (Lipinski definition) is 0. The molecule has 0 spiro atoms. The van der Waals surface area contributed by atoms with Crippen molar-refractivity contribution in [2.24, 2.45) is 0 Å². The predicted molar refractivity (Wildman–Crippen MR) is 55.2 cm³/mol. The fourth-order valence-electron chi connectivity index (χ4n) is 0.854. The second kappa shape index (κ2) is 12.7. The van der Waals surface area contributed by atoms with Crippen molar-refractivity contribution in [3.05, 3.63) is 0 Å². The maximum Gasteiger partial charge on any atom is 0.673 e. The van der Waals surface area contributed by atoms with Crippen LogP contribution >= 0.6 is 0 Å². The molecule has 0 amide bonds. The number of unbranched alkanes of at least 4 members (excludes halogenated alkanes) is 5. The first-order valence-electron chi connectivity index (χ1n) is 4.79. The lowest BCUT2D eigenvalue weighted by Crippen LogP contribution is -2.02. The molecule has 6 heteroatoms. The van der Waals surface area contributed by atoms with E-state index < -0.39 is 7.25 Å². The van der Waals surface area contributed by atoms with Crippen LogP contribution < -0.4 is 6.15 Å². The molecular formula is C8H22BF4N. The Bertz CT molecular complexity index is 85.8. The zero-order valence-electron chi connectivity index (χ0n) is 9.33. The average Bonchev–Trinajstić information content (AvgIpc) is 1.95. The molecule has 1 nitrogen and oxygen atoms in total. The third kappa shape index (κ3) is 60.2. The van der Waals surface area contributed by atoms with E-state index >= 15 is 0 Å². The van der Waals surface area contributed by atoms with Gasteiger partial charge >= 0.3 is 7.25 Å². The molecule has 0 saturated carbocycles. The van der Waals surface area contributed by atoms with Crippen molar-refractivity contribution in [1.82, 2.24) is 6.15 Å². The van der Waals surface area contributed by atoms with Gasteiger partial charge in [0, 0.05) is 0 Å². The highest BCUT2D eigenvalue weighted by Crippen LogP contribution is 2.06. The Morgan fingerprint density at radius 2 is 0.929 bits per heavy atom. The van der Waals surface area contributed by atoms with Crippen LogP contribution in [0.5, 0.6) is 0 Å². The van der Waals surface area contributed by atoms with Crippen molar-refractivity contribution >= 4 is 7.25 Å². The fourth-order valence-corrected chi connectivity index (χ4v) is 0.854. The molecule has 90 valence electrons. The molecule has 0 aromatic rings. The van der Waals surface area contributed by atoms with E-state index in [1.807, 2.05) is 0 Å². The SMILES string of the molecule is CCCCCCCC.F[B-](F)(F)F.[NH4+]. The molecule has 0 unspecified atom stereocenters. The Kier molecular flexibility index (Phi) is 17.6. The van der Waals surface area contributed by atoms with Crippen molar-refractivity contribution in [3.8, 4) is 0 Å². The van der Waals surface area contributed by atoms with Gasteiger partial charge in [-0.15, -0.1) is 0 Å². The molecule has 0 aliphatic heterocycles. The van der Waals surface area contributed by atoms with Gasteiger partial charge in [-0.25, -0.2) is 0 Å². The minimum absolute atomic E-state index is 0. The number of rotatable bonds is 5. The molecule has 0 heterocycles. The van der Waals surface area contributed by atoms with Gasteiger partial charge < -0.3 is 23.4 Å². The van der Waals surface area contributed by atoms with Crippen LogP contribution in [0.4, 0.5) is 17.3 Å². The van der Waals surface area contributed by atoms with Crippen LogP contribution in [-0.2, 0) is 0 Å². The summed E-state index contributed by atoms with van der Waals surface area (Å²) in [5, 5.41) is 0. The Hall–Kier alpha value is -0.255. The van der Waals surface area contributed by atoms with E-state index in [1.54, 1.807) is 0 Å². The first kappa shape index (κ1) is 19.3. The van der Waals surface area contributed by atoms with Crippen molar-refractivity contribution in [2.45, 2.75) is 52.4 Å². The maximum absolute atomic E-state index is 9.75. The van der Waals surface area contributed by atoms with Crippen molar-refractivity contribution in [2.75, 3.05) is 0 Å². The third-order valence-corrected chi connectivity index (χ3v) is 1.46. The van der Waals surface area contributed by atoms with Crippen LogP contribution in [0.2, 0.25) is 0 Å². The summed E-state index contributed by atoms with van der Waals surface area (Å²) in [6.07, 6.45) is 8.49. The Balaban J connectivity index is -0.000000177. The summed E-state index contributed by atoms with van der Waals surface area (Å²) in [7, 11) is -6.00. The van der Waals surface area contributed by atoms with E-state index in [0.29, 0.717) is 0 Å². The van der Waals surface area contributed by atoms with Gasteiger partial charge in [-0.2, -0.15) is 0 Å². The zero-order valence-corrected chi connectivity index (χ0v) is 9.33. The standard InChI is InChI=1S/C8H18.BF4.H3N/c1-3-5-7-8-6-4-2;2-1(3,4)5;/h3-8H2,1-2H3;;1H3/q;-1;/p+1. The van der Waals surface area contributed by atoms with E-state index in [2.05, 4.69) is 13.8 Å². The van der Waals surface area contributed by atoms with Crippen molar-refractivity contribution in [1.29, 1.82) is 0 Å². The largest absolute Gasteiger partial charge is 0.673 e. The van der Waals surface area contributed by atoms with Gasteiger partial charge in [0.2, 0.25) is 0 Å². The van der Waals surface area contributed by atoms with Gasteiger partial charge in [0.25, 0.3) is 0 Å². The van der Waals surface area contributed by atoms with Crippen molar-refractivity contribution in [3.63, 3.8) is 0 Å². The van der Waals surface area contributed by atoms with E-state index in [0.717, 1.165) is 0 Å². The minimum Gasteiger partial charge on any atom is -0.418 e. The topological polar surface area (TPSA) is 36.5 Å². The second-order valence-corrected chi connectivity index (χ2v) is 2.91. The molecule has 0 radical (unpaired) electrons. The molecular weight excluding hydrogens is 197 g/mol. The number of hydrogen-bond donors (Lipinski definition) is 1. The fraction of sp³-hybridized carbons (Fsp3) is 1.00. The monoisotopic (exact) mass is 219 g/mol. The van der Waals surface area contributed by atoms with Gasteiger partial charge in [0.1, 0.15) is 0 Å². The van der Waals surface area contributed by atoms with E-state index in [1.165, 1.54) is 38.5 Å². The summed E-state index contributed by atoms with van der Waals surface area (Å²) in [4.78, 5) is 0. The predicted octanol–water partition coefficient (Wildman–Crippen LogP) is 5.04. The summed E-state index contributed by atoms with van der Waals surface area (Å²) >= 11 is 0.